The van der Waals surface area contributed by atoms with E-state index in [0.29, 0.717) is 24.2 Å². The van der Waals surface area contributed by atoms with Gasteiger partial charge in [0.25, 0.3) is 0 Å². The molecular formula is C14H21FN2O. The first-order valence-electron chi connectivity index (χ1n) is 6.22. The number of likely N-dealkylation sites (N-methyl/N-ethyl adjacent to an activating group) is 1. The average molecular weight is 252 g/mol. The molecule has 3 nitrogen and oxygen atoms in total. The Morgan fingerprint density at radius 2 is 1.89 bits per heavy atom. The molecule has 1 aromatic carbocycles. The van der Waals surface area contributed by atoms with Gasteiger partial charge in [0.1, 0.15) is 5.82 Å². The van der Waals surface area contributed by atoms with Crippen LogP contribution in [0.2, 0.25) is 0 Å². The third-order valence-electron chi connectivity index (χ3n) is 2.85. The van der Waals surface area contributed by atoms with Gasteiger partial charge in [-0.2, -0.15) is 0 Å². The van der Waals surface area contributed by atoms with Crippen molar-refractivity contribution in [2.45, 2.75) is 40.3 Å². The second-order valence-corrected chi connectivity index (χ2v) is 4.54. The number of hydrogen-bond donors (Lipinski definition) is 2. The molecule has 0 spiro atoms. The fraction of sp³-hybridized carbons (Fsp3) is 0.500. The van der Waals surface area contributed by atoms with Gasteiger partial charge in [0.15, 0.2) is 0 Å². The highest BCUT2D eigenvalue weighted by Crippen LogP contribution is 2.14. The molecule has 0 radical (unpaired) electrons. The minimum absolute atomic E-state index is 0.0203. The van der Waals surface area contributed by atoms with Gasteiger partial charge < -0.3 is 10.6 Å². The van der Waals surface area contributed by atoms with Crippen molar-refractivity contribution in [3.63, 3.8) is 0 Å². The summed E-state index contributed by atoms with van der Waals surface area (Å²) in [5.74, 6) is -0.177. The Labute approximate surface area is 108 Å². The topological polar surface area (TPSA) is 41.1 Å². The summed E-state index contributed by atoms with van der Waals surface area (Å²) < 4.78 is 13.5. The minimum atomic E-state index is -0.254. The first kappa shape index (κ1) is 14.6. The number of carbonyl (C=O) groups is 1. The molecule has 0 aliphatic rings. The van der Waals surface area contributed by atoms with Crippen LogP contribution < -0.4 is 10.6 Å². The van der Waals surface area contributed by atoms with E-state index in [-0.39, 0.29) is 17.8 Å². The SMILES string of the molecule is CCNC(=O)C(C)NCc1cc(C)c(F)c(C)c1. The Bertz CT molecular complexity index is 409. The number of benzene rings is 1. The van der Waals surface area contributed by atoms with Crippen molar-refractivity contribution in [2.24, 2.45) is 0 Å². The molecule has 0 saturated carbocycles. The van der Waals surface area contributed by atoms with Crippen molar-refractivity contribution >= 4 is 5.91 Å². The monoisotopic (exact) mass is 252 g/mol. The molecule has 0 fully saturated rings. The Morgan fingerprint density at radius 3 is 2.39 bits per heavy atom. The number of carbonyl (C=O) groups excluding carboxylic acids is 1. The molecule has 18 heavy (non-hydrogen) atoms. The zero-order valence-electron chi connectivity index (χ0n) is 11.4. The zero-order chi connectivity index (χ0) is 13.7. The van der Waals surface area contributed by atoms with Crippen LogP contribution in [0.15, 0.2) is 12.1 Å². The van der Waals surface area contributed by atoms with Crippen LogP contribution >= 0.6 is 0 Å². The summed E-state index contributed by atoms with van der Waals surface area (Å²) in [6.45, 7) is 8.38. The third-order valence-corrected chi connectivity index (χ3v) is 2.85. The van der Waals surface area contributed by atoms with E-state index in [1.54, 1.807) is 26.0 Å². The molecule has 0 heterocycles. The van der Waals surface area contributed by atoms with E-state index in [4.69, 9.17) is 0 Å². The van der Waals surface area contributed by atoms with Crippen molar-refractivity contribution in [1.82, 2.24) is 10.6 Å². The largest absolute Gasteiger partial charge is 0.355 e. The van der Waals surface area contributed by atoms with Crippen LogP contribution in [0.25, 0.3) is 0 Å². The lowest BCUT2D eigenvalue weighted by Crippen LogP contribution is -2.41. The summed E-state index contributed by atoms with van der Waals surface area (Å²) in [6, 6.07) is 3.36. The van der Waals surface area contributed by atoms with Crippen molar-refractivity contribution in [1.29, 1.82) is 0 Å². The second-order valence-electron chi connectivity index (χ2n) is 4.54. The molecule has 0 saturated heterocycles. The molecule has 0 aliphatic carbocycles. The van der Waals surface area contributed by atoms with E-state index in [1.807, 2.05) is 13.8 Å². The molecule has 2 N–H and O–H groups in total. The summed E-state index contributed by atoms with van der Waals surface area (Å²) in [5, 5.41) is 5.87. The van der Waals surface area contributed by atoms with Crippen LogP contribution in [-0.4, -0.2) is 18.5 Å². The predicted octanol–water partition coefficient (Wildman–Crippen LogP) is 2.06. The van der Waals surface area contributed by atoms with Gasteiger partial charge in [0.05, 0.1) is 6.04 Å². The fourth-order valence-electron chi connectivity index (χ4n) is 1.83. The maximum atomic E-state index is 13.5. The third kappa shape index (κ3) is 3.81. The summed E-state index contributed by atoms with van der Waals surface area (Å²) in [5.41, 5.74) is 2.26. The lowest BCUT2D eigenvalue weighted by Gasteiger charge is -2.14. The normalized spacial score (nSPS) is 12.3. The summed E-state index contributed by atoms with van der Waals surface area (Å²) >= 11 is 0. The van der Waals surface area contributed by atoms with Crippen molar-refractivity contribution in [3.8, 4) is 0 Å². The molecule has 1 aromatic rings. The Kier molecular flexibility index (Phi) is 5.28. The van der Waals surface area contributed by atoms with Gasteiger partial charge in [-0.05, 0) is 44.4 Å². The zero-order valence-corrected chi connectivity index (χ0v) is 11.4. The van der Waals surface area contributed by atoms with Gasteiger partial charge in [0.2, 0.25) is 5.91 Å². The van der Waals surface area contributed by atoms with Gasteiger partial charge >= 0.3 is 0 Å². The number of nitrogens with one attached hydrogen (secondary N) is 2. The number of hydrogen-bond acceptors (Lipinski definition) is 2. The Balaban J connectivity index is 2.61. The van der Waals surface area contributed by atoms with E-state index in [2.05, 4.69) is 10.6 Å². The van der Waals surface area contributed by atoms with Gasteiger partial charge in [-0.3, -0.25) is 4.79 Å². The van der Waals surface area contributed by atoms with Gasteiger partial charge in [-0.1, -0.05) is 12.1 Å². The van der Waals surface area contributed by atoms with Crippen LogP contribution in [0.4, 0.5) is 4.39 Å². The van der Waals surface area contributed by atoms with Crippen molar-refractivity contribution in [3.05, 3.63) is 34.6 Å². The lowest BCUT2D eigenvalue weighted by molar-refractivity contribution is -0.122. The highest BCUT2D eigenvalue weighted by Gasteiger charge is 2.11. The maximum Gasteiger partial charge on any atom is 0.236 e. The van der Waals surface area contributed by atoms with E-state index in [9.17, 15) is 9.18 Å². The van der Waals surface area contributed by atoms with Crippen LogP contribution in [-0.2, 0) is 11.3 Å². The van der Waals surface area contributed by atoms with E-state index in [1.165, 1.54) is 0 Å². The number of rotatable bonds is 5. The van der Waals surface area contributed by atoms with Crippen LogP contribution in [0.1, 0.15) is 30.5 Å². The van der Waals surface area contributed by atoms with Crippen molar-refractivity contribution < 1.29 is 9.18 Å². The first-order valence-corrected chi connectivity index (χ1v) is 6.22. The second kappa shape index (κ2) is 6.50. The fourth-order valence-corrected chi connectivity index (χ4v) is 1.83. The lowest BCUT2D eigenvalue weighted by atomic mass is 10.1. The molecule has 4 heteroatoms. The summed E-state index contributed by atoms with van der Waals surface area (Å²) in [7, 11) is 0. The highest BCUT2D eigenvalue weighted by atomic mass is 19.1. The highest BCUT2D eigenvalue weighted by molar-refractivity contribution is 5.81. The molecule has 100 valence electrons. The maximum absolute atomic E-state index is 13.5. The van der Waals surface area contributed by atoms with Gasteiger partial charge in [-0.25, -0.2) is 4.39 Å². The number of aryl methyl sites for hydroxylation is 2. The summed E-state index contributed by atoms with van der Waals surface area (Å²) in [4.78, 5) is 11.5. The predicted molar refractivity (Wildman–Crippen MR) is 70.9 cm³/mol. The molecule has 0 aliphatic heterocycles. The molecule has 1 rings (SSSR count). The van der Waals surface area contributed by atoms with Crippen LogP contribution in [0.5, 0.6) is 0 Å². The average Bonchev–Trinajstić information content (AvgIpc) is 2.33. The first-order chi connectivity index (χ1) is 8.45. The smallest absolute Gasteiger partial charge is 0.236 e. The van der Waals surface area contributed by atoms with Gasteiger partial charge in [-0.15, -0.1) is 0 Å². The van der Waals surface area contributed by atoms with Crippen molar-refractivity contribution in [2.75, 3.05) is 6.54 Å². The van der Waals surface area contributed by atoms with Gasteiger partial charge in [0, 0.05) is 13.1 Å². The molecule has 0 aromatic heterocycles. The van der Waals surface area contributed by atoms with E-state index < -0.39 is 0 Å². The van der Waals surface area contributed by atoms with Crippen LogP contribution in [0, 0.1) is 19.7 Å². The quantitative estimate of drug-likeness (QED) is 0.842. The van der Waals surface area contributed by atoms with Crippen LogP contribution in [0.3, 0.4) is 0 Å². The molecule has 0 bridgehead atoms. The molecule has 1 amide bonds. The molecule has 1 atom stereocenters. The number of halogens is 1. The minimum Gasteiger partial charge on any atom is -0.355 e. The molecule has 1 unspecified atom stereocenters. The Hall–Kier alpha value is -1.42. The Morgan fingerprint density at radius 1 is 1.33 bits per heavy atom. The van der Waals surface area contributed by atoms with E-state index >= 15 is 0 Å². The summed E-state index contributed by atoms with van der Waals surface area (Å²) in [6.07, 6.45) is 0. The number of amides is 1. The van der Waals surface area contributed by atoms with E-state index in [0.717, 1.165) is 5.56 Å². The molecular weight excluding hydrogens is 231 g/mol. The standard InChI is InChI=1S/C14H21FN2O/c1-5-16-14(18)11(4)17-8-12-6-9(2)13(15)10(3)7-12/h6-7,11,17H,5,8H2,1-4H3,(H,16,18).